The standard InChI is InChI=1S/C13H15Br2N3/c1-18-10(6-7-17-18)3-5-13(16)11-8-9(14)2-4-12(11)15/h2,4,6-8,13H,3,5,16H2,1H3. The summed E-state index contributed by atoms with van der Waals surface area (Å²) in [4.78, 5) is 0. The highest BCUT2D eigenvalue weighted by Crippen LogP contribution is 2.28. The first-order valence-corrected chi connectivity index (χ1v) is 7.34. The van der Waals surface area contributed by atoms with Gasteiger partial charge in [-0.25, -0.2) is 0 Å². The summed E-state index contributed by atoms with van der Waals surface area (Å²) >= 11 is 7.02. The molecule has 18 heavy (non-hydrogen) atoms. The molecule has 0 fully saturated rings. The Kier molecular flexibility index (Phi) is 4.59. The molecule has 0 aliphatic heterocycles. The molecule has 0 aliphatic carbocycles. The van der Waals surface area contributed by atoms with E-state index in [-0.39, 0.29) is 6.04 Å². The summed E-state index contributed by atoms with van der Waals surface area (Å²) in [7, 11) is 1.95. The van der Waals surface area contributed by atoms with Crippen molar-refractivity contribution in [3.05, 3.63) is 50.7 Å². The Morgan fingerprint density at radius 2 is 2.11 bits per heavy atom. The first-order chi connectivity index (χ1) is 8.58. The fourth-order valence-electron chi connectivity index (χ4n) is 1.90. The first-order valence-electron chi connectivity index (χ1n) is 5.75. The van der Waals surface area contributed by atoms with E-state index in [0.29, 0.717) is 0 Å². The fraction of sp³-hybridized carbons (Fsp3) is 0.308. The molecule has 2 rings (SSSR count). The van der Waals surface area contributed by atoms with Crippen LogP contribution in [0.1, 0.15) is 23.7 Å². The Bertz CT molecular complexity index is 537. The molecule has 0 saturated heterocycles. The third-order valence-electron chi connectivity index (χ3n) is 2.99. The zero-order chi connectivity index (χ0) is 13.1. The summed E-state index contributed by atoms with van der Waals surface area (Å²) in [6.45, 7) is 0. The van der Waals surface area contributed by atoms with Crippen LogP contribution in [0.4, 0.5) is 0 Å². The van der Waals surface area contributed by atoms with E-state index in [4.69, 9.17) is 5.73 Å². The topological polar surface area (TPSA) is 43.8 Å². The van der Waals surface area contributed by atoms with E-state index in [1.54, 1.807) is 0 Å². The number of hydrogen-bond acceptors (Lipinski definition) is 2. The number of rotatable bonds is 4. The number of hydrogen-bond donors (Lipinski definition) is 1. The molecule has 5 heteroatoms. The Hall–Kier alpha value is -0.650. The molecule has 0 saturated carbocycles. The zero-order valence-corrected chi connectivity index (χ0v) is 13.3. The summed E-state index contributed by atoms with van der Waals surface area (Å²) < 4.78 is 4.00. The van der Waals surface area contributed by atoms with E-state index in [1.165, 1.54) is 5.69 Å². The lowest BCUT2D eigenvalue weighted by Gasteiger charge is -2.14. The van der Waals surface area contributed by atoms with Crippen molar-refractivity contribution in [2.24, 2.45) is 12.8 Å². The predicted octanol–water partition coefficient (Wildman–Crippen LogP) is 3.58. The van der Waals surface area contributed by atoms with Gasteiger partial charge in [-0.15, -0.1) is 0 Å². The van der Waals surface area contributed by atoms with E-state index in [0.717, 1.165) is 27.4 Å². The molecular weight excluding hydrogens is 358 g/mol. The molecule has 3 nitrogen and oxygen atoms in total. The Morgan fingerprint density at radius 1 is 1.33 bits per heavy atom. The summed E-state index contributed by atoms with van der Waals surface area (Å²) in [5.41, 5.74) is 8.59. The smallest absolute Gasteiger partial charge is 0.0492 e. The van der Waals surface area contributed by atoms with E-state index in [2.05, 4.69) is 43.0 Å². The molecule has 0 spiro atoms. The quantitative estimate of drug-likeness (QED) is 0.891. The lowest BCUT2D eigenvalue weighted by Crippen LogP contribution is -2.13. The Balaban J connectivity index is 2.06. The van der Waals surface area contributed by atoms with Gasteiger partial charge in [0.1, 0.15) is 0 Å². The van der Waals surface area contributed by atoms with Crippen molar-refractivity contribution in [2.75, 3.05) is 0 Å². The summed E-state index contributed by atoms with van der Waals surface area (Å²) in [6, 6.07) is 8.14. The summed E-state index contributed by atoms with van der Waals surface area (Å²) in [6.07, 6.45) is 3.64. The minimum Gasteiger partial charge on any atom is -0.324 e. The van der Waals surface area contributed by atoms with E-state index in [9.17, 15) is 0 Å². The van der Waals surface area contributed by atoms with Gasteiger partial charge >= 0.3 is 0 Å². The fourth-order valence-corrected chi connectivity index (χ4v) is 2.82. The highest BCUT2D eigenvalue weighted by atomic mass is 79.9. The van der Waals surface area contributed by atoms with Gasteiger partial charge in [-0.05, 0) is 42.7 Å². The van der Waals surface area contributed by atoms with Crippen LogP contribution in [0.5, 0.6) is 0 Å². The van der Waals surface area contributed by atoms with Crippen LogP contribution < -0.4 is 5.73 Å². The van der Waals surface area contributed by atoms with Gasteiger partial charge in [0.2, 0.25) is 0 Å². The number of aryl methyl sites for hydroxylation is 2. The molecule has 2 aromatic rings. The molecule has 0 amide bonds. The van der Waals surface area contributed by atoms with Gasteiger partial charge in [0.15, 0.2) is 0 Å². The van der Waals surface area contributed by atoms with Crippen LogP contribution in [0.3, 0.4) is 0 Å². The highest BCUT2D eigenvalue weighted by Gasteiger charge is 2.11. The van der Waals surface area contributed by atoms with Crippen molar-refractivity contribution in [2.45, 2.75) is 18.9 Å². The largest absolute Gasteiger partial charge is 0.324 e. The van der Waals surface area contributed by atoms with E-state index >= 15 is 0 Å². The van der Waals surface area contributed by atoms with Gasteiger partial charge < -0.3 is 5.73 Å². The minimum absolute atomic E-state index is 0.0202. The maximum absolute atomic E-state index is 6.25. The predicted molar refractivity (Wildman–Crippen MR) is 80.3 cm³/mol. The zero-order valence-electron chi connectivity index (χ0n) is 10.1. The number of halogens is 2. The van der Waals surface area contributed by atoms with Crippen molar-refractivity contribution in [1.29, 1.82) is 0 Å². The lowest BCUT2D eigenvalue weighted by molar-refractivity contribution is 0.612. The average Bonchev–Trinajstić information content (AvgIpc) is 2.75. The van der Waals surface area contributed by atoms with Crippen molar-refractivity contribution < 1.29 is 0 Å². The molecule has 2 N–H and O–H groups in total. The maximum Gasteiger partial charge on any atom is 0.0492 e. The second kappa shape index (κ2) is 5.99. The van der Waals surface area contributed by atoms with Gasteiger partial charge in [0.25, 0.3) is 0 Å². The molecule has 1 atom stereocenters. The molecule has 1 aromatic carbocycles. The van der Waals surface area contributed by atoms with Crippen molar-refractivity contribution in [1.82, 2.24) is 9.78 Å². The van der Waals surface area contributed by atoms with Crippen molar-refractivity contribution in [3.63, 3.8) is 0 Å². The highest BCUT2D eigenvalue weighted by molar-refractivity contribution is 9.11. The van der Waals surface area contributed by atoms with Crippen molar-refractivity contribution in [3.8, 4) is 0 Å². The lowest BCUT2D eigenvalue weighted by atomic mass is 10.0. The van der Waals surface area contributed by atoms with Gasteiger partial charge in [-0.3, -0.25) is 4.68 Å². The first kappa shape index (κ1) is 13.8. The second-order valence-electron chi connectivity index (χ2n) is 4.26. The van der Waals surface area contributed by atoms with Crippen LogP contribution >= 0.6 is 31.9 Å². The van der Waals surface area contributed by atoms with Crippen LogP contribution in [-0.2, 0) is 13.5 Å². The minimum atomic E-state index is 0.0202. The Labute approximate surface area is 124 Å². The SMILES string of the molecule is Cn1nccc1CCC(N)c1cc(Br)ccc1Br. The van der Waals surface area contributed by atoms with Crippen LogP contribution in [0, 0.1) is 0 Å². The van der Waals surface area contributed by atoms with Gasteiger partial charge in [-0.1, -0.05) is 31.9 Å². The third-order valence-corrected chi connectivity index (χ3v) is 4.21. The molecular formula is C13H15Br2N3. The van der Waals surface area contributed by atoms with Crippen LogP contribution in [0.15, 0.2) is 39.4 Å². The average molecular weight is 373 g/mol. The number of nitrogens with two attached hydrogens (primary N) is 1. The monoisotopic (exact) mass is 371 g/mol. The van der Waals surface area contributed by atoms with Crippen LogP contribution in [0.2, 0.25) is 0 Å². The van der Waals surface area contributed by atoms with Gasteiger partial charge in [0, 0.05) is 33.9 Å². The molecule has 96 valence electrons. The van der Waals surface area contributed by atoms with Gasteiger partial charge in [-0.2, -0.15) is 5.10 Å². The molecule has 0 radical (unpaired) electrons. The van der Waals surface area contributed by atoms with Crippen molar-refractivity contribution >= 4 is 31.9 Å². The van der Waals surface area contributed by atoms with Gasteiger partial charge in [0.05, 0.1) is 0 Å². The molecule has 1 heterocycles. The molecule has 0 bridgehead atoms. The maximum atomic E-state index is 6.25. The van der Waals surface area contributed by atoms with Crippen LogP contribution in [0.25, 0.3) is 0 Å². The number of benzene rings is 1. The third kappa shape index (κ3) is 3.22. The van der Waals surface area contributed by atoms with E-state index < -0.39 is 0 Å². The molecule has 1 aromatic heterocycles. The normalized spacial score (nSPS) is 12.7. The second-order valence-corrected chi connectivity index (χ2v) is 6.03. The summed E-state index contributed by atoms with van der Waals surface area (Å²) in [5.74, 6) is 0. The van der Waals surface area contributed by atoms with Crippen LogP contribution in [-0.4, -0.2) is 9.78 Å². The van der Waals surface area contributed by atoms with E-state index in [1.807, 2.05) is 36.1 Å². The summed E-state index contributed by atoms with van der Waals surface area (Å²) in [5, 5.41) is 4.16. The molecule has 1 unspecified atom stereocenters. The number of aromatic nitrogens is 2. The molecule has 0 aliphatic rings. The number of nitrogens with zero attached hydrogens (tertiary/aromatic N) is 2. The Morgan fingerprint density at radius 3 is 2.78 bits per heavy atom.